The maximum Gasteiger partial charge on any atom is 0.258 e. The molecule has 24 heavy (non-hydrogen) atoms. The van der Waals surface area contributed by atoms with E-state index >= 15 is 0 Å². The Labute approximate surface area is 136 Å². The number of nitrogens with zero attached hydrogens (tertiary/aromatic N) is 1. The largest absolute Gasteiger partial charge is 0.493 e. The summed E-state index contributed by atoms with van der Waals surface area (Å²) in [6, 6.07) is 5.19. The first kappa shape index (κ1) is 16.2. The van der Waals surface area contributed by atoms with Crippen molar-refractivity contribution in [3.63, 3.8) is 0 Å². The number of carbonyl (C=O) groups is 1. The molecule has 4 nitrogen and oxygen atoms in total. The first-order chi connectivity index (χ1) is 11.5. The standard InChI is InChI=1S/C17H14F3NO3/c1-23-13-4-3-10-8-21(17(22)14(10)16(13)24-2)7-9-5-11(18)15(20)12(19)6-9/h3-6H,7-8H2,1-2H3. The van der Waals surface area contributed by atoms with E-state index in [2.05, 4.69) is 0 Å². The number of halogens is 3. The van der Waals surface area contributed by atoms with Crippen molar-refractivity contribution in [2.75, 3.05) is 14.2 Å². The molecule has 0 spiro atoms. The lowest BCUT2D eigenvalue weighted by molar-refractivity contribution is 0.0763. The lowest BCUT2D eigenvalue weighted by atomic mass is 10.1. The van der Waals surface area contributed by atoms with Crippen LogP contribution in [0.25, 0.3) is 0 Å². The van der Waals surface area contributed by atoms with Crippen LogP contribution in [0.4, 0.5) is 13.2 Å². The van der Waals surface area contributed by atoms with Crippen molar-refractivity contribution in [3.05, 3.63) is 58.4 Å². The molecular weight excluding hydrogens is 323 g/mol. The van der Waals surface area contributed by atoms with E-state index in [1.807, 2.05) is 0 Å². The average molecular weight is 337 g/mol. The summed E-state index contributed by atoms with van der Waals surface area (Å²) in [5, 5.41) is 0. The van der Waals surface area contributed by atoms with E-state index in [0.29, 0.717) is 17.1 Å². The van der Waals surface area contributed by atoms with Gasteiger partial charge in [-0.2, -0.15) is 0 Å². The Kier molecular flexibility index (Phi) is 4.09. The maximum absolute atomic E-state index is 13.3. The number of ether oxygens (including phenoxy) is 2. The van der Waals surface area contributed by atoms with Crippen molar-refractivity contribution in [2.45, 2.75) is 13.1 Å². The van der Waals surface area contributed by atoms with Crippen LogP contribution >= 0.6 is 0 Å². The lowest BCUT2D eigenvalue weighted by Crippen LogP contribution is -2.23. The minimum absolute atomic E-state index is 0.0485. The van der Waals surface area contributed by atoms with Crippen LogP contribution < -0.4 is 9.47 Å². The highest BCUT2D eigenvalue weighted by Crippen LogP contribution is 2.38. The molecule has 0 unspecified atom stereocenters. The molecule has 0 aliphatic carbocycles. The van der Waals surface area contributed by atoms with Gasteiger partial charge in [0, 0.05) is 13.1 Å². The van der Waals surface area contributed by atoms with Gasteiger partial charge in [-0.1, -0.05) is 6.07 Å². The van der Waals surface area contributed by atoms with Gasteiger partial charge in [-0.3, -0.25) is 4.79 Å². The smallest absolute Gasteiger partial charge is 0.258 e. The fraction of sp³-hybridized carbons (Fsp3) is 0.235. The van der Waals surface area contributed by atoms with Gasteiger partial charge in [0.1, 0.15) is 0 Å². The molecule has 2 aromatic carbocycles. The topological polar surface area (TPSA) is 38.8 Å². The van der Waals surface area contributed by atoms with Crippen molar-refractivity contribution < 1.29 is 27.4 Å². The van der Waals surface area contributed by atoms with E-state index in [1.54, 1.807) is 12.1 Å². The van der Waals surface area contributed by atoms with Crippen LogP contribution in [0.2, 0.25) is 0 Å². The molecule has 3 rings (SSSR count). The summed E-state index contributed by atoms with van der Waals surface area (Å²) in [5.74, 6) is -3.70. The van der Waals surface area contributed by atoms with Crippen LogP contribution in [0.15, 0.2) is 24.3 Å². The zero-order valence-electron chi connectivity index (χ0n) is 13.0. The first-order valence-corrected chi connectivity index (χ1v) is 7.12. The van der Waals surface area contributed by atoms with Gasteiger partial charge >= 0.3 is 0 Å². The van der Waals surface area contributed by atoms with Crippen molar-refractivity contribution in [3.8, 4) is 11.5 Å². The van der Waals surface area contributed by atoms with Crippen LogP contribution in [0.3, 0.4) is 0 Å². The summed E-state index contributed by atoms with van der Waals surface area (Å²) in [7, 11) is 2.89. The second-order valence-corrected chi connectivity index (χ2v) is 5.37. The van der Waals surface area contributed by atoms with E-state index in [4.69, 9.17) is 9.47 Å². The highest BCUT2D eigenvalue weighted by molar-refractivity contribution is 6.01. The molecule has 2 aromatic rings. The summed E-state index contributed by atoms with van der Waals surface area (Å²) in [4.78, 5) is 14.0. The highest BCUT2D eigenvalue weighted by atomic mass is 19.2. The molecular formula is C17H14F3NO3. The molecule has 1 amide bonds. The number of hydrogen-bond acceptors (Lipinski definition) is 3. The number of carbonyl (C=O) groups excluding carboxylic acids is 1. The van der Waals surface area contributed by atoms with Crippen molar-refractivity contribution in [1.82, 2.24) is 4.90 Å². The van der Waals surface area contributed by atoms with E-state index in [0.717, 1.165) is 17.7 Å². The van der Waals surface area contributed by atoms with Gasteiger partial charge in [-0.25, -0.2) is 13.2 Å². The average Bonchev–Trinajstić information content (AvgIpc) is 2.87. The molecule has 7 heteroatoms. The molecule has 1 heterocycles. The maximum atomic E-state index is 13.3. The number of methoxy groups -OCH3 is 2. The SMILES string of the molecule is COc1ccc2c(c1OC)C(=O)N(Cc1cc(F)c(F)c(F)c1)C2. The van der Waals surface area contributed by atoms with Gasteiger partial charge in [-0.15, -0.1) is 0 Å². The molecule has 0 radical (unpaired) electrons. The van der Waals surface area contributed by atoms with E-state index in [-0.39, 0.29) is 24.6 Å². The Morgan fingerprint density at radius 2 is 1.75 bits per heavy atom. The zero-order chi connectivity index (χ0) is 17.4. The number of benzene rings is 2. The van der Waals surface area contributed by atoms with Gasteiger partial charge in [0.2, 0.25) is 0 Å². The van der Waals surface area contributed by atoms with Gasteiger partial charge in [0.05, 0.1) is 19.8 Å². The van der Waals surface area contributed by atoms with Gasteiger partial charge in [0.25, 0.3) is 5.91 Å². The Morgan fingerprint density at radius 3 is 2.33 bits per heavy atom. The molecule has 0 saturated carbocycles. The van der Waals surface area contributed by atoms with Crippen molar-refractivity contribution in [2.24, 2.45) is 0 Å². The predicted octanol–water partition coefficient (Wildman–Crippen LogP) is 3.28. The first-order valence-electron chi connectivity index (χ1n) is 7.12. The van der Waals surface area contributed by atoms with E-state index in [1.165, 1.54) is 19.1 Å². The number of fused-ring (bicyclic) bond motifs is 1. The molecule has 0 fully saturated rings. The molecule has 1 aliphatic rings. The van der Waals surface area contributed by atoms with Gasteiger partial charge in [0.15, 0.2) is 29.0 Å². The minimum atomic E-state index is -1.53. The fourth-order valence-corrected chi connectivity index (χ4v) is 2.82. The number of hydrogen-bond donors (Lipinski definition) is 0. The summed E-state index contributed by atoms with van der Waals surface area (Å²) >= 11 is 0. The van der Waals surface area contributed by atoms with Crippen LogP contribution in [0.1, 0.15) is 21.5 Å². The normalized spacial score (nSPS) is 13.2. The van der Waals surface area contributed by atoms with Crippen molar-refractivity contribution in [1.29, 1.82) is 0 Å². The van der Waals surface area contributed by atoms with E-state index in [9.17, 15) is 18.0 Å². The number of rotatable bonds is 4. The van der Waals surface area contributed by atoms with Crippen LogP contribution in [0, 0.1) is 17.5 Å². The molecule has 126 valence electrons. The third-order valence-corrected chi connectivity index (χ3v) is 3.91. The fourth-order valence-electron chi connectivity index (χ4n) is 2.82. The highest BCUT2D eigenvalue weighted by Gasteiger charge is 2.32. The Balaban J connectivity index is 1.92. The number of amides is 1. The summed E-state index contributed by atoms with van der Waals surface area (Å²) < 4.78 is 50.1. The monoisotopic (exact) mass is 337 g/mol. The molecule has 0 aromatic heterocycles. The van der Waals surface area contributed by atoms with Gasteiger partial charge < -0.3 is 14.4 Å². The molecule has 0 N–H and O–H groups in total. The molecule has 1 aliphatic heterocycles. The van der Waals surface area contributed by atoms with Crippen LogP contribution in [-0.4, -0.2) is 25.0 Å². The third kappa shape index (κ3) is 2.55. The molecule has 0 atom stereocenters. The second-order valence-electron chi connectivity index (χ2n) is 5.37. The zero-order valence-corrected chi connectivity index (χ0v) is 13.0. The lowest BCUT2D eigenvalue weighted by Gasteiger charge is -2.16. The molecule has 0 saturated heterocycles. The second kappa shape index (κ2) is 6.07. The van der Waals surface area contributed by atoms with Gasteiger partial charge in [-0.05, 0) is 29.3 Å². The third-order valence-electron chi connectivity index (χ3n) is 3.91. The summed E-state index contributed by atoms with van der Waals surface area (Å²) in [5.41, 5.74) is 1.25. The minimum Gasteiger partial charge on any atom is -0.493 e. The predicted molar refractivity (Wildman–Crippen MR) is 79.4 cm³/mol. The quantitative estimate of drug-likeness (QED) is 0.804. The summed E-state index contributed by atoms with van der Waals surface area (Å²) in [6.07, 6.45) is 0. The van der Waals surface area contributed by atoms with Crippen molar-refractivity contribution >= 4 is 5.91 Å². The van der Waals surface area contributed by atoms with Crippen LogP contribution in [0.5, 0.6) is 11.5 Å². The summed E-state index contributed by atoms with van der Waals surface area (Å²) in [6.45, 7) is 0.211. The Bertz CT molecular complexity index is 800. The van der Waals surface area contributed by atoms with Crippen LogP contribution in [-0.2, 0) is 13.1 Å². The Hall–Kier alpha value is -2.70. The van der Waals surface area contributed by atoms with E-state index < -0.39 is 17.5 Å². The Morgan fingerprint density at radius 1 is 1.08 bits per heavy atom. The molecule has 0 bridgehead atoms.